The van der Waals surface area contributed by atoms with Crippen LogP contribution in [0.3, 0.4) is 0 Å². The number of ether oxygens (including phenoxy) is 1. The van der Waals surface area contributed by atoms with Gasteiger partial charge in [-0.3, -0.25) is 4.79 Å². The molecule has 0 radical (unpaired) electrons. The first-order valence-corrected chi connectivity index (χ1v) is 6.59. The predicted octanol–water partition coefficient (Wildman–Crippen LogP) is 3.92. The second-order valence-electron chi connectivity index (χ2n) is 3.72. The van der Waals surface area contributed by atoms with Crippen LogP contribution in [0.5, 0.6) is 5.75 Å². The van der Waals surface area contributed by atoms with Crippen LogP contribution in [0, 0.1) is 9.49 Å². The van der Waals surface area contributed by atoms with E-state index in [4.69, 9.17) is 4.74 Å². The zero-order valence-corrected chi connectivity index (χ0v) is 12.1. The molecule has 0 heterocycles. The summed E-state index contributed by atoms with van der Waals surface area (Å²) in [5, 5.41) is 0. The summed E-state index contributed by atoms with van der Waals surface area (Å²) in [5.41, 5.74) is 0.711. The Morgan fingerprint density at radius 1 is 1.38 bits per heavy atom. The first kappa shape index (κ1) is 13.5. The van der Waals surface area contributed by atoms with Gasteiger partial charge in [0.05, 0.1) is 12.7 Å². The third kappa shape index (κ3) is 2.97. The fourth-order valence-corrected chi connectivity index (χ4v) is 2.24. The molecular weight excluding hydrogens is 315 g/mol. The Kier molecular flexibility index (Phi) is 5.25. The summed E-state index contributed by atoms with van der Waals surface area (Å²) in [7, 11) is 1.60. The molecule has 1 aromatic carbocycles. The molecule has 0 aliphatic rings. The lowest BCUT2D eigenvalue weighted by Crippen LogP contribution is -2.14. The van der Waals surface area contributed by atoms with Crippen molar-refractivity contribution >= 4 is 28.4 Å². The average molecular weight is 332 g/mol. The van der Waals surface area contributed by atoms with Crippen LogP contribution in [0.4, 0.5) is 0 Å². The fourth-order valence-electron chi connectivity index (χ4n) is 1.75. The van der Waals surface area contributed by atoms with Crippen LogP contribution in [0.25, 0.3) is 0 Å². The van der Waals surface area contributed by atoms with Gasteiger partial charge in [-0.2, -0.15) is 0 Å². The minimum Gasteiger partial charge on any atom is -0.496 e. The van der Waals surface area contributed by atoms with Crippen LogP contribution in [0.1, 0.15) is 37.0 Å². The molecule has 0 spiro atoms. The van der Waals surface area contributed by atoms with Gasteiger partial charge in [-0.25, -0.2) is 0 Å². The van der Waals surface area contributed by atoms with Gasteiger partial charge in [0, 0.05) is 9.49 Å². The molecule has 0 unspecified atom stereocenters. The van der Waals surface area contributed by atoms with Gasteiger partial charge in [-0.15, -0.1) is 0 Å². The highest BCUT2D eigenvalue weighted by Crippen LogP contribution is 2.25. The summed E-state index contributed by atoms with van der Waals surface area (Å²) in [6.45, 7) is 4.10. The number of rotatable bonds is 5. The predicted molar refractivity (Wildman–Crippen MR) is 74.1 cm³/mol. The number of benzene rings is 1. The molecule has 0 N–H and O–H groups in total. The Hall–Kier alpha value is -0.580. The highest BCUT2D eigenvalue weighted by molar-refractivity contribution is 14.1. The van der Waals surface area contributed by atoms with Crippen LogP contribution in [0.2, 0.25) is 0 Å². The van der Waals surface area contributed by atoms with Gasteiger partial charge in [0.2, 0.25) is 0 Å². The number of hydrogen-bond donors (Lipinski definition) is 0. The second kappa shape index (κ2) is 6.23. The van der Waals surface area contributed by atoms with Crippen molar-refractivity contribution in [1.29, 1.82) is 0 Å². The zero-order valence-electron chi connectivity index (χ0n) is 9.92. The Morgan fingerprint density at radius 3 is 2.50 bits per heavy atom. The summed E-state index contributed by atoms with van der Waals surface area (Å²) < 4.78 is 6.30. The molecule has 0 bridgehead atoms. The van der Waals surface area contributed by atoms with Gasteiger partial charge < -0.3 is 4.74 Å². The van der Waals surface area contributed by atoms with Gasteiger partial charge in [-0.1, -0.05) is 13.8 Å². The maximum Gasteiger partial charge on any atom is 0.169 e. The van der Waals surface area contributed by atoms with Crippen molar-refractivity contribution in [1.82, 2.24) is 0 Å². The molecule has 3 heteroatoms. The summed E-state index contributed by atoms with van der Waals surface area (Å²) in [6, 6.07) is 5.71. The molecule has 0 saturated carbocycles. The number of methoxy groups -OCH3 is 1. The quantitative estimate of drug-likeness (QED) is 0.603. The van der Waals surface area contributed by atoms with E-state index in [1.807, 2.05) is 32.0 Å². The van der Waals surface area contributed by atoms with E-state index in [-0.39, 0.29) is 11.7 Å². The van der Waals surface area contributed by atoms with E-state index in [0.717, 1.165) is 16.4 Å². The number of carbonyl (C=O) groups excluding carboxylic acids is 1. The molecule has 1 rings (SSSR count). The van der Waals surface area contributed by atoms with E-state index >= 15 is 0 Å². The molecule has 2 nitrogen and oxygen atoms in total. The van der Waals surface area contributed by atoms with Gasteiger partial charge >= 0.3 is 0 Å². The van der Waals surface area contributed by atoms with Crippen molar-refractivity contribution < 1.29 is 9.53 Å². The van der Waals surface area contributed by atoms with E-state index in [0.29, 0.717) is 11.3 Å². The summed E-state index contributed by atoms with van der Waals surface area (Å²) in [5.74, 6) is 0.977. The van der Waals surface area contributed by atoms with Gasteiger partial charge in [-0.05, 0) is 53.6 Å². The van der Waals surface area contributed by atoms with Crippen molar-refractivity contribution in [2.24, 2.45) is 5.92 Å². The van der Waals surface area contributed by atoms with Crippen LogP contribution in [0.15, 0.2) is 18.2 Å². The van der Waals surface area contributed by atoms with Crippen LogP contribution < -0.4 is 4.74 Å². The third-order valence-electron chi connectivity index (χ3n) is 2.78. The highest BCUT2D eigenvalue weighted by Gasteiger charge is 2.20. The number of hydrogen-bond acceptors (Lipinski definition) is 2. The molecule has 0 saturated heterocycles. The molecule has 0 fully saturated rings. The molecule has 0 amide bonds. The van der Waals surface area contributed by atoms with Crippen LogP contribution in [-0.2, 0) is 0 Å². The van der Waals surface area contributed by atoms with Gasteiger partial charge in [0.1, 0.15) is 5.75 Å². The smallest absolute Gasteiger partial charge is 0.169 e. The Morgan fingerprint density at radius 2 is 2.00 bits per heavy atom. The molecule has 1 aromatic rings. The maximum atomic E-state index is 12.3. The first-order valence-electron chi connectivity index (χ1n) is 5.51. The number of Topliss-reactive ketones (excluding diaryl/α,β-unsaturated/α-hetero) is 1. The Labute approximate surface area is 111 Å². The molecule has 0 aliphatic heterocycles. The zero-order chi connectivity index (χ0) is 12.1. The minimum absolute atomic E-state index is 0.104. The lowest BCUT2D eigenvalue weighted by molar-refractivity contribution is 0.0910. The third-order valence-corrected chi connectivity index (χ3v) is 3.45. The molecule has 0 aliphatic carbocycles. The highest BCUT2D eigenvalue weighted by atomic mass is 127. The van der Waals surface area contributed by atoms with Crippen LogP contribution >= 0.6 is 22.6 Å². The van der Waals surface area contributed by atoms with E-state index in [1.54, 1.807) is 7.11 Å². The van der Waals surface area contributed by atoms with E-state index < -0.39 is 0 Å². The fraction of sp³-hybridized carbons (Fsp3) is 0.462. The van der Waals surface area contributed by atoms with Crippen molar-refractivity contribution in [3.05, 3.63) is 27.3 Å². The summed E-state index contributed by atoms with van der Waals surface area (Å²) >= 11 is 2.21. The number of ketones is 1. The van der Waals surface area contributed by atoms with Crippen molar-refractivity contribution in [3.8, 4) is 5.75 Å². The lowest BCUT2D eigenvalue weighted by atomic mass is 9.92. The Bertz CT molecular complexity index is 370. The SMILES string of the molecule is CCC(CC)C(=O)c1cc(I)ccc1OC. The molecular formula is C13H17IO2. The van der Waals surface area contributed by atoms with E-state index in [9.17, 15) is 4.79 Å². The topological polar surface area (TPSA) is 26.3 Å². The largest absolute Gasteiger partial charge is 0.496 e. The van der Waals surface area contributed by atoms with E-state index in [2.05, 4.69) is 22.6 Å². The first-order chi connectivity index (χ1) is 7.63. The standard InChI is InChI=1S/C13H17IO2/c1-4-9(5-2)13(15)11-8-10(14)6-7-12(11)16-3/h6-9H,4-5H2,1-3H3. The average Bonchev–Trinajstić information content (AvgIpc) is 2.30. The van der Waals surface area contributed by atoms with Crippen molar-refractivity contribution in [3.63, 3.8) is 0 Å². The second-order valence-corrected chi connectivity index (χ2v) is 4.97. The monoisotopic (exact) mass is 332 g/mol. The lowest BCUT2D eigenvalue weighted by Gasteiger charge is -2.14. The molecule has 16 heavy (non-hydrogen) atoms. The summed E-state index contributed by atoms with van der Waals surface area (Å²) in [6.07, 6.45) is 1.76. The molecule has 0 aromatic heterocycles. The van der Waals surface area contributed by atoms with Crippen molar-refractivity contribution in [2.45, 2.75) is 26.7 Å². The van der Waals surface area contributed by atoms with Crippen molar-refractivity contribution in [2.75, 3.05) is 7.11 Å². The van der Waals surface area contributed by atoms with Gasteiger partial charge in [0.25, 0.3) is 0 Å². The maximum absolute atomic E-state index is 12.3. The normalized spacial score (nSPS) is 10.6. The van der Waals surface area contributed by atoms with E-state index in [1.165, 1.54) is 0 Å². The molecule has 88 valence electrons. The van der Waals surface area contributed by atoms with Gasteiger partial charge in [0.15, 0.2) is 5.78 Å². The molecule has 0 atom stereocenters. The minimum atomic E-state index is 0.104. The van der Waals surface area contributed by atoms with Crippen LogP contribution in [-0.4, -0.2) is 12.9 Å². The number of halogens is 1. The summed E-state index contributed by atoms with van der Waals surface area (Å²) in [4.78, 5) is 12.3. The Balaban J connectivity index is 3.10. The number of carbonyl (C=O) groups is 1.